The fourth-order valence-corrected chi connectivity index (χ4v) is 0.207. The van der Waals surface area contributed by atoms with Crippen LogP contribution in [0.3, 0.4) is 0 Å². The van der Waals surface area contributed by atoms with Crippen LogP contribution in [0.4, 0.5) is 4.39 Å². The molecule has 0 fully saturated rings. The SMILES string of the molecule is O=[SH](=O)CCF. The van der Waals surface area contributed by atoms with Gasteiger partial charge in [0.05, 0.1) is 5.75 Å². The van der Waals surface area contributed by atoms with Crippen molar-refractivity contribution in [2.45, 2.75) is 0 Å². The minimum atomic E-state index is -2.48. The third-order valence-corrected chi connectivity index (χ3v) is 0.801. The predicted molar refractivity (Wildman–Crippen MR) is 21.2 cm³/mol. The Labute approximate surface area is 36.9 Å². The van der Waals surface area contributed by atoms with Gasteiger partial charge in [0.25, 0.3) is 0 Å². The normalized spacial score (nSPS) is 9.67. The van der Waals surface area contributed by atoms with Crippen molar-refractivity contribution in [1.29, 1.82) is 0 Å². The summed E-state index contributed by atoms with van der Waals surface area (Å²) >= 11 is 0. The van der Waals surface area contributed by atoms with Gasteiger partial charge in [0.15, 0.2) is 0 Å². The van der Waals surface area contributed by atoms with Gasteiger partial charge in [0, 0.05) is 0 Å². The predicted octanol–water partition coefficient (Wildman–Crippen LogP) is -0.433. The molecule has 4 heteroatoms. The number of halogens is 1. The lowest BCUT2D eigenvalue weighted by atomic mass is 10.9. The molecule has 0 saturated heterocycles. The molecule has 0 rings (SSSR count). The largest absolute Gasteiger partial charge is 0.250 e. The van der Waals surface area contributed by atoms with E-state index in [2.05, 4.69) is 0 Å². The highest BCUT2D eigenvalue weighted by Gasteiger charge is 1.79. The highest BCUT2D eigenvalue weighted by atomic mass is 32.2. The fourth-order valence-electron chi connectivity index (χ4n) is 0.0690. The van der Waals surface area contributed by atoms with Crippen LogP contribution in [0, 0.1) is 0 Å². The van der Waals surface area contributed by atoms with Gasteiger partial charge in [-0.1, -0.05) is 0 Å². The molecule has 0 heterocycles. The van der Waals surface area contributed by atoms with E-state index in [0.29, 0.717) is 0 Å². The average molecular weight is 112 g/mol. The van der Waals surface area contributed by atoms with Gasteiger partial charge in [0.1, 0.15) is 17.4 Å². The first-order valence-corrected chi connectivity index (χ1v) is 2.81. The van der Waals surface area contributed by atoms with Gasteiger partial charge in [-0.05, 0) is 0 Å². The van der Waals surface area contributed by atoms with Crippen LogP contribution in [0.25, 0.3) is 0 Å². The van der Waals surface area contributed by atoms with Gasteiger partial charge in [-0.25, -0.2) is 8.42 Å². The van der Waals surface area contributed by atoms with Gasteiger partial charge in [0.2, 0.25) is 0 Å². The highest BCUT2D eigenvalue weighted by molar-refractivity contribution is 7.72. The van der Waals surface area contributed by atoms with Crippen LogP contribution in [0.1, 0.15) is 0 Å². The number of thiol groups is 1. The highest BCUT2D eigenvalue weighted by Crippen LogP contribution is 1.65. The van der Waals surface area contributed by atoms with E-state index in [0.717, 1.165) is 0 Å². The quantitative estimate of drug-likeness (QED) is 0.492. The van der Waals surface area contributed by atoms with E-state index in [1.54, 1.807) is 0 Å². The zero-order chi connectivity index (χ0) is 4.99. The van der Waals surface area contributed by atoms with Crippen LogP contribution in [0.5, 0.6) is 0 Å². The van der Waals surface area contributed by atoms with Gasteiger partial charge in [-0.3, -0.25) is 4.39 Å². The molecular formula is C2H5FO2S. The molecule has 38 valence electrons. The van der Waals surface area contributed by atoms with E-state index in [1.165, 1.54) is 0 Å². The average Bonchev–Trinajstić information content (AvgIpc) is 1.35. The Bertz CT molecular complexity index is 79.5. The van der Waals surface area contributed by atoms with Gasteiger partial charge < -0.3 is 0 Å². The maximum Gasteiger partial charge on any atom is 0.142 e. The van der Waals surface area contributed by atoms with Crippen molar-refractivity contribution < 1.29 is 12.8 Å². The zero-order valence-electron chi connectivity index (χ0n) is 3.06. The molecule has 0 aliphatic rings. The molecule has 0 spiro atoms. The lowest BCUT2D eigenvalue weighted by molar-refractivity contribution is 0.522. The smallest absolute Gasteiger partial charge is 0.142 e. The summed E-state index contributed by atoms with van der Waals surface area (Å²) in [6.07, 6.45) is 0. The number of rotatable bonds is 2. The van der Waals surface area contributed by atoms with Crippen molar-refractivity contribution in [3.63, 3.8) is 0 Å². The van der Waals surface area contributed by atoms with Gasteiger partial charge in [-0.15, -0.1) is 0 Å². The molecule has 0 aromatic heterocycles. The van der Waals surface area contributed by atoms with Crippen LogP contribution in [-0.2, 0) is 10.7 Å². The first kappa shape index (κ1) is 5.88. The maximum atomic E-state index is 10.9. The molecule has 0 amide bonds. The Balaban J connectivity index is 3.07. The molecule has 0 aromatic rings. The number of alkyl halides is 1. The summed E-state index contributed by atoms with van der Waals surface area (Å²) in [6, 6.07) is 0. The van der Waals surface area contributed by atoms with Crippen LogP contribution < -0.4 is 0 Å². The van der Waals surface area contributed by atoms with Crippen LogP contribution in [0.2, 0.25) is 0 Å². The van der Waals surface area contributed by atoms with Crippen molar-refractivity contribution in [2.24, 2.45) is 0 Å². The molecule has 0 bridgehead atoms. The molecule has 0 radical (unpaired) electrons. The molecular weight excluding hydrogens is 107 g/mol. The molecule has 0 saturated carbocycles. The molecule has 2 nitrogen and oxygen atoms in total. The first-order valence-electron chi connectivity index (χ1n) is 1.45. The van der Waals surface area contributed by atoms with E-state index < -0.39 is 17.4 Å². The molecule has 0 aliphatic carbocycles. The van der Waals surface area contributed by atoms with Gasteiger partial charge >= 0.3 is 0 Å². The van der Waals surface area contributed by atoms with E-state index >= 15 is 0 Å². The van der Waals surface area contributed by atoms with Crippen LogP contribution >= 0.6 is 0 Å². The molecule has 6 heavy (non-hydrogen) atoms. The Morgan fingerprint density at radius 3 is 2.00 bits per heavy atom. The minimum absolute atomic E-state index is 0.338. The van der Waals surface area contributed by atoms with E-state index in [-0.39, 0.29) is 5.75 Å². The van der Waals surface area contributed by atoms with E-state index in [4.69, 9.17) is 0 Å². The summed E-state index contributed by atoms with van der Waals surface area (Å²) in [5.74, 6) is -0.338. The third-order valence-electron chi connectivity index (χ3n) is 0.267. The van der Waals surface area contributed by atoms with Crippen molar-refractivity contribution in [2.75, 3.05) is 12.4 Å². The summed E-state index contributed by atoms with van der Waals surface area (Å²) < 4.78 is 29.7. The zero-order valence-corrected chi connectivity index (χ0v) is 3.95. The third kappa shape index (κ3) is 3.88. The second-order valence-corrected chi connectivity index (χ2v) is 1.86. The van der Waals surface area contributed by atoms with E-state index in [1.807, 2.05) is 0 Å². The minimum Gasteiger partial charge on any atom is -0.250 e. The maximum absolute atomic E-state index is 10.9. The monoisotopic (exact) mass is 112 g/mol. The summed E-state index contributed by atoms with van der Waals surface area (Å²) in [6.45, 7) is -0.765. The van der Waals surface area contributed by atoms with Crippen molar-refractivity contribution in [3.05, 3.63) is 0 Å². The Morgan fingerprint density at radius 1 is 1.50 bits per heavy atom. The summed E-state index contributed by atoms with van der Waals surface area (Å²) in [7, 11) is -2.48. The van der Waals surface area contributed by atoms with Crippen LogP contribution in [0.15, 0.2) is 0 Å². The van der Waals surface area contributed by atoms with Crippen molar-refractivity contribution in [3.8, 4) is 0 Å². The van der Waals surface area contributed by atoms with Crippen molar-refractivity contribution in [1.82, 2.24) is 0 Å². The molecule has 0 unspecified atom stereocenters. The Hall–Kier alpha value is -0.120. The molecule has 0 aliphatic heterocycles. The molecule has 0 aromatic carbocycles. The summed E-state index contributed by atoms with van der Waals surface area (Å²) in [5.41, 5.74) is 0. The van der Waals surface area contributed by atoms with Crippen molar-refractivity contribution >= 4 is 10.7 Å². The second kappa shape index (κ2) is 3.08. The molecule has 0 N–H and O–H groups in total. The standard InChI is InChI=1S/C2H5FO2S/c3-1-2-6(4)5/h6H,1-2H2. The fraction of sp³-hybridized carbons (Fsp3) is 1.00. The summed E-state index contributed by atoms with van der Waals surface area (Å²) in [4.78, 5) is 0. The Morgan fingerprint density at radius 2 is 2.00 bits per heavy atom. The Kier molecular flexibility index (Phi) is 3.02. The lowest BCUT2D eigenvalue weighted by Gasteiger charge is -1.69. The topological polar surface area (TPSA) is 34.1 Å². The second-order valence-electron chi connectivity index (χ2n) is 0.745. The van der Waals surface area contributed by atoms with E-state index in [9.17, 15) is 12.8 Å². The summed E-state index contributed by atoms with van der Waals surface area (Å²) in [5, 5.41) is 0. The number of hydrogen-bond acceptors (Lipinski definition) is 2. The lowest BCUT2D eigenvalue weighted by Crippen LogP contribution is -1.86. The first-order chi connectivity index (χ1) is 2.77. The molecule has 0 atom stereocenters. The van der Waals surface area contributed by atoms with Gasteiger partial charge in [-0.2, -0.15) is 0 Å². The van der Waals surface area contributed by atoms with Crippen LogP contribution in [-0.4, -0.2) is 20.8 Å². The number of hydrogen-bond donors (Lipinski definition) is 1.